The quantitative estimate of drug-likeness (QED) is 0.198. The lowest BCUT2D eigenvalue weighted by molar-refractivity contribution is -0.139. The van der Waals surface area contributed by atoms with Crippen LogP contribution in [0, 0.1) is 0 Å². The molecule has 0 aliphatic heterocycles. The molecule has 45 heavy (non-hydrogen) atoms. The minimum atomic E-state index is -1.18. The first-order valence-electron chi connectivity index (χ1n) is 14.9. The van der Waals surface area contributed by atoms with Gasteiger partial charge >= 0.3 is 18.2 Å². The molecule has 5 aromatic rings. The number of carbonyl (C=O) groups is 3. The summed E-state index contributed by atoms with van der Waals surface area (Å²) in [6.45, 7) is 5.56. The van der Waals surface area contributed by atoms with Gasteiger partial charge in [-0.2, -0.15) is 0 Å². The number of aromatic nitrogens is 1. The molecule has 8 nitrogen and oxygen atoms in total. The number of carbonyl (C=O) groups excluding carboxylic acids is 2. The summed E-state index contributed by atoms with van der Waals surface area (Å²) in [6.07, 6.45) is 0.576. The number of nitrogens with zero attached hydrogens (tertiary/aromatic N) is 1. The van der Waals surface area contributed by atoms with Gasteiger partial charge in [0.05, 0.1) is 5.52 Å². The number of alkyl carbamates (subject to hydrolysis) is 1. The highest BCUT2D eigenvalue weighted by Gasteiger charge is 2.30. The third kappa shape index (κ3) is 6.17. The molecule has 0 saturated heterocycles. The summed E-state index contributed by atoms with van der Waals surface area (Å²) in [7, 11) is 0. The number of hydrogen-bond donors (Lipinski definition) is 2. The largest absolute Gasteiger partial charge is 0.480 e. The smallest absolute Gasteiger partial charge is 0.419 e. The van der Waals surface area contributed by atoms with Gasteiger partial charge in [-0.25, -0.2) is 14.4 Å². The van der Waals surface area contributed by atoms with Crippen molar-refractivity contribution in [3.8, 4) is 22.3 Å². The predicted octanol–water partition coefficient (Wildman–Crippen LogP) is 7.63. The van der Waals surface area contributed by atoms with Crippen LogP contribution in [0.2, 0.25) is 0 Å². The topological polar surface area (TPSA) is 107 Å². The lowest BCUT2D eigenvalue weighted by Gasteiger charge is -2.19. The van der Waals surface area contributed by atoms with Gasteiger partial charge in [0.2, 0.25) is 0 Å². The van der Waals surface area contributed by atoms with Crippen molar-refractivity contribution < 1.29 is 29.0 Å². The molecule has 0 bridgehead atoms. The summed E-state index contributed by atoms with van der Waals surface area (Å²) in [6, 6.07) is 29.9. The Bertz CT molecular complexity index is 1860. The van der Waals surface area contributed by atoms with Crippen molar-refractivity contribution in [2.24, 2.45) is 0 Å². The molecule has 0 radical (unpaired) electrons. The van der Waals surface area contributed by atoms with E-state index in [0.717, 1.165) is 49.8 Å². The fourth-order valence-corrected chi connectivity index (χ4v) is 5.91. The van der Waals surface area contributed by atoms with Crippen LogP contribution in [-0.2, 0) is 20.7 Å². The maximum atomic E-state index is 12.9. The van der Waals surface area contributed by atoms with E-state index >= 15 is 0 Å². The van der Waals surface area contributed by atoms with Crippen LogP contribution in [0.4, 0.5) is 9.59 Å². The average molecular weight is 603 g/mol. The van der Waals surface area contributed by atoms with Crippen molar-refractivity contribution in [2.75, 3.05) is 6.61 Å². The number of para-hydroxylation sites is 1. The van der Waals surface area contributed by atoms with E-state index in [1.54, 1.807) is 6.20 Å². The minimum Gasteiger partial charge on any atom is -0.480 e. The molecule has 0 unspecified atom stereocenters. The number of ether oxygens (including phenoxy) is 2. The third-order valence-electron chi connectivity index (χ3n) is 7.94. The summed E-state index contributed by atoms with van der Waals surface area (Å²) >= 11 is 0. The van der Waals surface area contributed by atoms with E-state index in [9.17, 15) is 19.5 Å². The predicted molar refractivity (Wildman–Crippen MR) is 172 cm³/mol. The highest BCUT2D eigenvalue weighted by Crippen LogP contribution is 2.44. The highest BCUT2D eigenvalue weighted by atomic mass is 16.6. The first-order chi connectivity index (χ1) is 21.6. The molecule has 4 aromatic carbocycles. The molecule has 1 aliphatic carbocycles. The van der Waals surface area contributed by atoms with Gasteiger partial charge in [-0.05, 0) is 60.2 Å². The van der Waals surface area contributed by atoms with E-state index < -0.39 is 29.8 Å². The van der Waals surface area contributed by atoms with Crippen molar-refractivity contribution in [3.05, 3.63) is 120 Å². The second-order valence-electron chi connectivity index (χ2n) is 12.2. The van der Waals surface area contributed by atoms with Crippen LogP contribution in [0.25, 0.3) is 33.2 Å². The monoisotopic (exact) mass is 602 g/mol. The van der Waals surface area contributed by atoms with Crippen LogP contribution in [0.15, 0.2) is 103 Å². The normalized spacial score (nSPS) is 13.1. The van der Waals surface area contributed by atoms with Gasteiger partial charge in [0.15, 0.2) is 0 Å². The number of nitrogens with one attached hydrogen (secondary N) is 1. The maximum Gasteiger partial charge on any atom is 0.419 e. The van der Waals surface area contributed by atoms with E-state index in [4.69, 9.17) is 9.47 Å². The molecule has 228 valence electrons. The van der Waals surface area contributed by atoms with E-state index in [1.807, 2.05) is 106 Å². The Labute approximate surface area is 261 Å². The molecule has 2 N–H and O–H groups in total. The molecular formula is C37H34N2O6. The van der Waals surface area contributed by atoms with Crippen LogP contribution >= 0.6 is 0 Å². The Morgan fingerprint density at radius 3 is 2.04 bits per heavy atom. The number of benzene rings is 4. The standard InChI is InChI=1S/C37H34N2O6/c1-37(2,3)45-36(43)39-21-30(29-14-8-9-15-33(29)39)24-18-16-23(17-19-24)20-32(34(40)41)38-35(42)44-22-31-27-12-6-4-10-25(27)26-11-5-7-13-28(26)31/h4-19,21,31-32H,20,22H2,1-3H3,(H,38,42)(H,40,41)/t32-/m0/s1. The van der Waals surface area contributed by atoms with Crippen LogP contribution in [0.5, 0.6) is 0 Å². The lowest BCUT2D eigenvalue weighted by atomic mass is 9.98. The maximum absolute atomic E-state index is 12.9. The fraction of sp³-hybridized carbons (Fsp3) is 0.216. The summed E-state index contributed by atoms with van der Waals surface area (Å²) in [4.78, 5) is 37.8. The molecule has 6 rings (SSSR count). The number of carboxylic acids is 1. The van der Waals surface area contributed by atoms with Gasteiger partial charge < -0.3 is 19.9 Å². The summed E-state index contributed by atoms with van der Waals surface area (Å²) < 4.78 is 12.7. The van der Waals surface area contributed by atoms with Crippen LogP contribution in [0.1, 0.15) is 43.4 Å². The average Bonchev–Trinajstić information content (AvgIpc) is 3.56. The molecule has 1 aromatic heterocycles. The number of aliphatic carboxylic acids is 1. The molecule has 0 spiro atoms. The molecule has 8 heteroatoms. The first kappa shape index (κ1) is 29.7. The van der Waals surface area contributed by atoms with Crippen LogP contribution in [-0.4, -0.2) is 46.1 Å². The third-order valence-corrected chi connectivity index (χ3v) is 7.94. The van der Waals surface area contributed by atoms with Crippen molar-refractivity contribution in [1.82, 2.24) is 9.88 Å². The number of carboxylic acid groups (broad SMARTS) is 1. The Balaban J connectivity index is 1.14. The minimum absolute atomic E-state index is 0.0689. The van der Waals surface area contributed by atoms with E-state index in [-0.39, 0.29) is 18.9 Å². The van der Waals surface area contributed by atoms with Gasteiger partial charge in [0.25, 0.3) is 0 Å². The van der Waals surface area contributed by atoms with Gasteiger partial charge in [0, 0.05) is 29.5 Å². The van der Waals surface area contributed by atoms with Gasteiger partial charge in [0.1, 0.15) is 18.2 Å². The zero-order chi connectivity index (χ0) is 31.7. The SMILES string of the molecule is CC(C)(C)OC(=O)n1cc(-c2ccc(C[C@H](NC(=O)OCC3c4ccccc4-c4ccccc43)C(=O)O)cc2)c2ccccc21. The molecule has 0 fully saturated rings. The molecule has 1 amide bonds. The molecular weight excluding hydrogens is 568 g/mol. The summed E-state index contributed by atoms with van der Waals surface area (Å²) in [5.74, 6) is -1.28. The molecule has 1 atom stereocenters. The number of fused-ring (bicyclic) bond motifs is 4. The summed E-state index contributed by atoms with van der Waals surface area (Å²) in [5.41, 5.74) is 6.89. The lowest BCUT2D eigenvalue weighted by Crippen LogP contribution is -2.42. The second-order valence-corrected chi connectivity index (χ2v) is 12.2. The van der Waals surface area contributed by atoms with E-state index in [0.29, 0.717) is 0 Å². The second kappa shape index (κ2) is 12.0. The molecule has 1 aliphatic rings. The van der Waals surface area contributed by atoms with Crippen molar-refractivity contribution >= 4 is 29.1 Å². The van der Waals surface area contributed by atoms with Gasteiger partial charge in [-0.15, -0.1) is 0 Å². The van der Waals surface area contributed by atoms with Crippen molar-refractivity contribution in [1.29, 1.82) is 0 Å². The van der Waals surface area contributed by atoms with E-state index in [1.165, 1.54) is 4.57 Å². The Hall–Kier alpha value is -5.37. The van der Waals surface area contributed by atoms with Crippen LogP contribution in [0.3, 0.4) is 0 Å². The Kier molecular flexibility index (Phi) is 7.89. The Morgan fingerprint density at radius 1 is 0.822 bits per heavy atom. The molecule has 0 saturated carbocycles. The number of amides is 1. The highest BCUT2D eigenvalue weighted by molar-refractivity contribution is 6.00. The molecule has 1 heterocycles. The zero-order valence-corrected chi connectivity index (χ0v) is 25.3. The van der Waals surface area contributed by atoms with Crippen molar-refractivity contribution in [2.45, 2.75) is 44.8 Å². The van der Waals surface area contributed by atoms with Gasteiger partial charge in [-0.1, -0.05) is 91.0 Å². The van der Waals surface area contributed by atoms with Crippen LogP contribution < -0.4 is 5.32 Å². The fourth-order valence-electron chi connectivity index (χ4n) is 5.91. The Morgan fingerprint density at radius 2 is 1.42 bits per heavy atom. The zero-order valence-electron chi connectivity index (χ0n) is 25.3. The first-order valence-corrected chi connectivity index (χ1v) is 14.9. The van der Waals surface area contributed by atoms with Gasteiger partial charge in [-0.3, -0.25) is 4.57 Å². The summed E-state index contributed by atoms with van der Waals surface area (Å²) in [5, 5.41) is 13.3. The van der Waals surface area contributed by atoms with Crippen molar-refractivity contribution in [3.63, 3.8) is 0 Å². The van der Waals surface area contributed by atoms with E-state index in [2.05, 4.69) is 17.4 Å². The number of rotatable bonds is 7. The number of hydrogen-bond acceptors (Lipinski definition) is 5.